The van der Waals surface area contributed by atoms with Crippen LogP contribution in [0.2, 0.25) is 0 Å². The predicted molar refractivity (Wildman–Crippen MR) is 163 cm³/mol. The van der Waals surface area contributed by atoms with Crippen LogP contribution in [-0.2, 0) is 4.79 Å². The number of aliphatic carboxylic acids is 1. The Hall–Kier alpha value is -4.09. The molecule has 2 aliphatic rings. The number of ether oxygens (including phenoxy) is 1. The molecule has 6 rings (SSSR count). The van der Waals surface area contributed by atoms with Crippen LogP contribution in [0.25, 0.3) is 22.3 Å². The number of carbonyl (C=O) groups is 1. The fraction of sp³-hybridized carbons (Fsp3) is 0.438. The highest BCUT2D eigenvalue weighted by Crippen LogP contribution is 2.37. The first kappa shape index (κ1) is 29.0. The number of carboxylic acids is 1. The smallest absolute Gasteiger partial charge is 0.310 e. The van der Waals surface area contributed by atoms with Gasteiger partial charge in [0.1, 0.15) is 35.5 Å². The summed E-state index contributed by atoms with van der Waals surface area (Å²) in [6, 6.07) is 16.9. The lowest BCUT2D eigenvalue weighted by atomic mass is 9.91. The Balaban J connectivity index is 1.16. The number of anilines is 1. The number of nitrogen functional groups attached to an aromatic ring is 1. The Kier molecular flexibility index (Phi) is 8.02. The summed E-state index contributed by atoms with van der Waals surface area (Å²) in [6.45, 7) is 6.74. The maximum Gasteiger partial charge on any atom is 0.310 e. The third kappa shape index (κ3) is 6.05. The fourth-order valence-corrected chi connectivity index (χ4v) is 6.33. The fourth-order valence-electron chi connectivity index (χ4n) is 6.33. The average Bonchev–Trinajstić information content (AvgIpc) is 3.39. The number of fused-ring (bicyclic) bond motifs is 1. The second kappa shape index (κ2) is 11.9. The van der Waals surface area contributed by atoms with Crippen LogP contribution in [0.1, 0.15) is 39.2 Å². The number of hydrogen-bond donors (Lipinski definition) is 2. The molecule has 4 aromatic rings. The molecule has 2 atom stereocenters. The van der Waals surface area contributed by atoms with E-state index >= 15 is 4.39 Å². The molecule has 10 nitrogen and oxygen atoms in total. The minimum absolute atomic E-state index is 0.280. The molecule has 3 N–H and O–H groups in total. The molecule has 2 aromatic carbocycles. The van der Waals surface area contributed by atoms with Gasteiger partial charge in [0.15, 0.2) is 5.65 Å². The Morgan fingerprint density at radius 2 is 1.72 bits per heavy atom. The molecule has 2 saturated heterocycles. The van der Waals surface area contributed by atoms with Crippen LogP contribution in [-0.4, -0.2) is 85.6 Å². The van der Waals surface area contributed by atoms with Gasteiger partial charge >= 0.3 is 5.97 Å². The summed E-state index contributed by atoms with van der Waals surface area (Å²) < 4.78 is 23.6. The number of alkyl halides is 1. The second-order valence-electron chi connectivity index (χ2n) is 12.3. The molecule has 4 heterocycles. The van der Waals surface area contributed by atoms with Gasteiger partial charge < -0.3 is 20.5 Å². The molecule has 0 radical (unpaired) electrons. The normalized spacial score (nSPS) is 20.8. The van der Waals surface area contributed by atoms with Gasteiger partial charge in [-0.1, -0.05) is 18.2 Å². The van der Waals surface area contributed by atoms with Crippen LogP contribution in [0.4, 0.5) is 10.2 Å². The average molecular weight is 588 g/mol. The quantitative estimate of drug-likeness (QED) is 0.292. The monoisotopic (exact) mass is 587 g/mol. The Morgan fingerprint density at radius 3 is 2.40 bits per heavy atom. The van der Waals surface area contributed by atoms with E-state index in [1.54, 1.807) is 18.5 Å². The molecule has 0 unspecified atom stereocenters. The lowest BCUT2D eigenvalue weighted by Gasteiger charge is -2.43. The molecular weight excluding hydrogens is 549 g/mol. The highest BCUT2D eigenvalue weighted by molar-refractivity contribution is 5.98. The molecule has 226 valence electrons. The van der Waals surface area contributed by atoms with Crippen molar-refractivity contribution in [2.45, 2.75) is 51.4 Å². The number of likely N-dealkylation sites (tertiary alicyclic amines) is 2. The summed E-state index contributed by atoms with van der Waals surface area (Å²) in [5.74, 6) is 0.958. The molecule has 43 heavy (non-hydrogen) atoms. The summed E-state index contributed by atoms with van der Waals surface area (Å²) in [7, 11) is 0. The number of carboxylic acid groups (broad SMARTS) is 1. The van der Waals surface area contributed by atoms with Crippen LogP contribution in [0.3, 0.4) is 0 Å². The van der Waals surface area contributed by atoms with E-state index in [9.17, 15) is 9.90 Å². The molecule has 0 spiro atoms. The molecule has 11 heteroatoms. The summed E-state index contributed by atoms with van der Waals surface area (Å²) >= 11 is 0. The van der Waals surface area contributed by atoms with Gasteiger partial charge in [-0.05, 0) is 82.6 Å². The minimum Gasteiger partial charge on any atom is -0.481 e. The highest BCUT2D eigenvalue weighted by atomic mass is 19.1. The molecule has 0 amide bonds. The topological polar surface area (TPSA) is 123 Å². The number of halogens is 1. The number of nitrogens with zero attached hydrogens (tertiary/aromatic N) is 6. The number of nitrogens with two attached hydrogens (primary N) is 1. The first-order valence-corrected chi connectivity index (χ1v) is 14.9. The lowest BCUT2D eigenvalue weighted by Crippen LogP contribution is -2.52. The van der Waals surface area contributed by atoms with Crippen molar-refractivity contribution in [2.24, 2.45) is 5.41 Å². The van der Waals surface area contributed by atoms with Gasteiger partial charge in [0.05, 0.1) is 16.8 Å². The van der Waals surface area contributed by atoms with Crippen LogP contribution >= 0.6 is 0 Å². The van der Waals surface area contributed by atoms with E-state index in [-0.39, 0.29) is 6.04 Å². The molecule has 2 aromatic heterocycles. The number of aromatic nitrogens is 4. The largest absolute Gasteiger partial charge is 0.481 e. The van der Waals surface area contributed by atoms with Crippen molar-refractivity contribution in [3.8, 4) is 22.8 Å². The first-order chi connectivity index (χ1) is 20.7. The number of hydrogen-bond acceptors (Lipinski definition) is 8. The van der Waals surface area contributed by atoms with Crippen LogP contribution in [0.15, 0.2) is 60.9 Å². The van der Waals surface area contributed by atoms with E-state index in [0.29, 0.717) is 47.8 Å². The minimum atomic E-state index is -1.13. The Bertz CT molecular complexity index is 1570. The van der Waals surface area contributed by atoms with Gasteiger partial charge in [-0.3, -0.25) is 9.69 Å². The van der Waals surface area contributed by atoms with Crippen molar-refractivity contribution in [3.63, 3.8) is 0 Å². The zero-order valence-corrected chi connectivity index (χ0v) is 24.6. The molecule has 0 bridgehead atoms. The van der Waals surface area contributed by atoms with Gasteiger partial charge in [0, 0.05) is 31.2 Å². The summed E-state index contributed by atoms with van der Waals surface area (Å²) in [6.07, 6.45) is 2.66. The summed E-state index contributed by atoms with van der Waals surface area (Å²) in [4.78, 5) is 24.7. The van der Waals surface area contributed by atoms with E-state index in [0.717, 1.165) is 43.8 Å². The number of benzene rings is 2. The van der Waals surface area contributed by atoms with Crippen LogP contribution in [0, 0.1) is 5.41 Å². The molecular formula is C32H38FN7O3. The Morgan fingerprint density at radius 1 is 1.02 bits per heavy atom. The van der Waals surface area contributed by atoms with Crippen LogP contribution < -0.4 is 10.5 Å². The highest BCUT2D eigenvalue weighted by Gasteiger charge is 2.38. The molecule has 2 fully saturated rings. The zero-order chi connectivity index (χ0) is 30.1. The molecule has 0 saturated carbocycles. The number of piperidine rings is 2. The standard InChI is InChI=1S/C32H38FN7O3/c1-32(2,31(41)42)19-38-15-12-22(13-16-38)39-17-14-26(25(33)18-39)40-30-27(29(34)35-20-36-30)28(37-40)21-8-10-24(11-9-21)43-23-6-4-3-5-7-23/h3-11,20,22,25-26H,12-19H2,1-2H3,(H,41,42)(H2,34,35,36)/t25-,26+/m1/s1. The maximum atomic E-state index is 16.0. The van der Waals surface area contributed by atoms with Gasteiger partial charge in [0.2, 0.25) is 0 Å². The zero-order valence-electron chi connectivity index (χ0n) is 24.6. The lowest BCUT2D eigenvalue weighted by molar-refractivity contribution is -0.148. The van der Waals surface area contributed by atoms with Crippen molar-refractivity contribution in [2.75, 3.05) is 38.5 Å². The van der Waals surface area contributed by atoms with E-state index in [1.165, 1.54) is 6.33 Å². The van der Waals surface area contributed by atoms with Crippen LogP contribution in [0.5, 0.6) is 11.5 Å². The van der Waals surface area contributed by atoms with Gasteiger partial charge in [0.25, 0.3) is 0 Å². The van der Waals surface area contributed by atoms with Gasteiger partial charge in [-0.15, -0.1) is 0 Å². The van der Waals surface area contributed by atoms with E-state index < -0.39 is 23.6 Å². The molecule has 0 aliphatic carbocycles. The third-order valence-electron chi connectivity index (χ3n) is 8.75. The summed E-state index contributed by atoms with van der Waals surface area (Å²) in [5, 5.41) is 15.0. The van der Waals surface area contributed by atoms with E-state index in [2.05, 4.69) is 19.8 Å². The van der Waals surface area contributed by atoms with Crippen molar-refractivity contribution in [3.05, 3.63) is 60.9 Å². The van der Waals surface area contributed by atoms with Crippen molar-refractivity contribution < 1.29 is 19.0 Å². The summed E-state index contributed by atoms with van der Waals surface area (Å²) in [5.41, 5.74) is 7.50. The number of rotatable bonds is 8. The first-order valence-electron chi connectivity index (χ1n) is 14.9. The maximum absolute atomic E-state index is 16.0. The predicted octanol–water partition coefficient (Wildman–Crippen LogP) is 5.03. The van der Waals surface area contributed by atoms with Crippen molar-refractivity contribution in [1.29, 1.82) is 0 Å². The van der Waals surface area contributed by atoms with E-state index in [4.69, 9.17) is 15.6 Å². The Labute approximate surface area is 250 Å². The van der Waals surface area contributed by atoms with E-state index in [1.807, 2.05) is 54.6 Å². The van der Waals surface area contributed by atoms with Crippen molar-refractivity contribution >= 4 is 22.8 Å². The third-order valence-corrected chi connectivity index (χ3v) is 8.75. The van der Waals surface area contributed by atoms with Crippen molar-refractivity contribution in [1.82, 2.24) is 29.5 Å². The second-order valence-corrected chi connectivity index (χ2v) is 12.3. The van der Waals surface area contributed by atoms with Gasteiger partial charge in [-0.2, -0.15) is 5.10 Å². The molecule has 2 aliphatic heterocycles. The van der Waals surface area contributed by atoms with Gasteiger partial charge in [-0.25, -0.2) is 19.0 Å². The number of para-hydroxylation sites is 1. The SMILES string of the molecule is CC(C)(CN1CCC(N2CC[C@H](n3nc(-c4ccc(Oc5ccccc5)cc4)c4c(N)ncnc43)[C@H](F)C2)CC1)C(=O)O.